The number of methoxy groups -OCH3 is 2. The van der Waals surface area contributed by atoms with Crippen molar-refractivity contribution in [2.24, 2.45) is 20.5 Å². The van der Waals surface area contributed by atoms with Gasteiger partial charge in [-0.1, -0.05) is 91.3 Å². The second-order valence-electron chi connectivity index (χ2n) is 15.9. The number of carbonyl (C=O) groups excluding carboxylic acids is 2. The van der Waals surface area contributed by atoms with Gasteiger partial charge in [0.25, 0.3) is 21.9 Å². The number of aryl methyl sites for hydroxylation is 2. The Balaban J connectivity index is 0.000000241. The van der Waals surface area contributed by atoms with Crippen LogP contribution in [0.2, 0.25) is 10.0 Å². The van der Waals surface area contributed by atoms with Gasteiger partial charge in [-0.15, -0.1) is 15.3 Å². The van der Waals surface area contributed by atoms with Crippen molar-refractivity contribution >= 4 is 149 Å². The van der Waals surface area contributed by atoms with Crippen LogP contribution in [0.5, 0.6) is 23.0 Å². The summed E-state index contributed by atoms with van der Waals surface area (Å²) in [5.74, 6) is -1.21. The van der Waals surface area contributed by atoms with Crippen molar-refractivity contribution < 1.29 is 55.2 Å². The van der Waals surface area contributed by atoms with Gasteiger partial charge < -0.3 is 34.9 Å². The molecule has 23 heteroatoms. The van der Waals surface area contributed by atoms with E-state index in [1.54, 1.807) is 111 Å². The van der Waals surface area contributed by atoms with Gasteiger partial charge in [0, 0.05) is 37.8 Å². The van der Waals surface area contributed by atoms with Crippen molar-refractivity contribution in [3.05, 3.63) is 166 Å². The zero-order valence-corrected chi connectivity index (χ0v) is 45.5. The Morgan fingerprint density at radius 2 is 0.987 bits per heavy atom. The van der Waals surface area contributed by atoms with Crippen molar-refractivity contribution in [3.63, 3.8) is 0 Å². The number of hydrogen-bond acceptors (Lipinski definition) is 15. The summed E-state index contributed by atoms with van der Waals surface area (Å²) in [7, 11) is -6.58. The van der Waals surface area contributed by atoms with E-state index in [9.17, 15) is 45.7 Å². The first-order valence-corrected chi connectivity index (χ1v) is 25.6. The fourth-order valence-corrected chi connectivity index (χ4v) is 9.51. The average molecular weight is 1120 g/mol. The van der Waals surface area contributed by atoms with Crippen molar-refractivity contribution in [1.29, 1.82) is 0 Å². The van der Waals surface area contributed by atoms with Crippen LogP contribution < -0.4 is 25.2 Å². The van der Waals surface area contributed by atoms with E-state index in [0.29, 0.717) is 68.4 Å². The van der Waals surface area contributed by atoms with Gasteiger partial charge in [-0.2, -0.15) is 13.5 Å². The van der Waals surface area contributed by atoms with E-state index in [-0.39, 0.29) is 81.7 Å². The molecule has 0 bridgehead atoms. The number of azo groups is 2. The fraction of sp³-hybridized carbons (Fsp3) is 0.115. The number of nitrogens with one attached hydrogen (secondary N) is 2. The molecular formula is C52H42CaCl2N6O12S2. The van der Waals surface area contributed by atoms with E-state index in [2.05, 4.69) is 31.1 Å². The molecule has 0 aliphatic heterocycles. The number of ether oxygens (including phenoxy) is 2. The third-order valence-electron chi connectivity index (χ3n) is 11.2. The van der Waals surface area contributed by atoms with Crippen molar-refractivity contribution in [3.8, 4) is 23.0 Å². The maximum absolute atomic E-state index is 13.4. The molecule has 0 unspecified atom stereocenters. The van der Waals surface area contributed by atoms with Gasteiger partial charge >= 0.3 is 37.7 Å². The number of nitrogens with zero attached hydrogens (tertiary/aromatic N) is 4. The van der Waals surface area contributed by atoms with Crippen LogP contribution >= 0.6 is 23.2 Å². The molecule has 75 heavy (non-hydrogen) atoms. The summed E-state index contributed by atoms with van der Waals surface area (Å²) in [6, 6.07) is 34.9. The fourth-order valence-electron chi connectivity index (χ4n) is 7.52. The summed E-state index contributed by atoms with van der Waals surface area (Å²) in [6.45, 7) is 3.49. The van der Waals surface area contributed by atoms with Gasteiger partial charge in [0.1, 0.15) is 43.6 Å². The molecule has 0 fully saturated rings. The van der Waals surface area contributed by atoms with Gasteiger partial charge in [0.2, 0.25) is 0 Å². The first-order chi connectivity index (χ1) is 35.2. The number of benzene rings is 8. The van der Waals surface area contributed by atoms with Crippen LogP contribution in [-0.2, 0) is 33.1 Å². The number of aromatic hydroxyl groups is 1. The number of hydrogen-bond donors (Lipinski definition) is 4. The van der Waals surface area contributed by atoms with Crippen molar-refractivity contribution in [2.45, 2.75) is 36.5 Å². The van der Waals surface area contributed by atoms with E-state index >= 15 is 0 Å². The number of fused-ring (bicyclic) bond motifs is 2. The molecule has 0 atom stereocenters. The number of amides is 2. The molecule has 8 rings (SSSR count). The van der Waals surface area contributed by atoms with E-state index in [0.717, 1.165) is 12.1 Å². The summed E-state index contributed by atoms with van der Waals surface area (Å²) >= 11 is 12.0. The summed E-state index contributed by atoms with van der Waals surface area (Å²) < 4.78 is 79.6. The number of carbonyl (C=O) groups is 2. The normalized spacial score (nSPS) is 11.5. The predicted octanol–water partition coefficient (Wildman–Crippen LogP) is 12.0. The molecule has 0 spiro atoms. The minimum absolute atomic E-state index is 0. The van der Waals surface area contributed by atoms with Crippen LogP contribution in [0.25, 0.3) is 21.5 Å². The van der Waals surface area contributed by atoms with Gasteiger partial charge in [0.05, 0.1) is 30.4 Å². The number of phenolic OH excluding ortho intramolecular Hbond substituents is 1. The van der Waals surface area contributed by atoms with Crippen LogP contribution in [0.15, 0.2) is 164 Å². The molecule has 380 valence electrons. The molecule has 0 heterocycles. The molecule has 8 aromatic carbocycles. The second-order valence-corrected chi connectivity index (χ2v) is 19.5. The van der Waals surface area contributed by atoms with Crippen LogP contribution in [0.4, 0.5) is 34.1 Å². The molecule has 8 aromatic rings. The quantitative estimate of drug-likeness (QED) is 0.0449. The van der Waals surface area contributed by atoms with E-state index < -0.39 is 53.3 Å². The topological polar surface area (TPSA) is 281 Å². The summed E-state index contributed by atoms with van der Waals surface area (Å²) in [5.41, 5.74) is 0.896. The molecule has 4 N–H and O–H groups in total. The molecular weight excluding hydrogens is 1080 g/mol. The van der Waals surface area contributed by atoms with Crippen LogP contribution in [-0.4, -0.2) is 94.8 Å². The molecule has 0 radical (unpaired) electrons. The zero-order valence-electron chi connectivity index (χ0n) is 40.2. The molecule has 0 saturated carbocycles. The van der Waals surface area contributed by atoms with Gasteiger partial charge in [0.15, 0.2) is 5.75 Å². The summed E-state index contributed by atoms with van der Waals surface area (Å²) in [6.07, 6.45) is 0.640. The summed E-state index contributed by atoms with van der Waals surface area (Å²) in [5, 5.41) is 48.3. The summed E-state index contributed by atoms with van der Waals surface area (Å²) in [4.78, 5) is 25.0. The Morgan fingerprint density at radius 3 is 1.44 bits per heavy atom. The molecule has 0 aromatic heterocycles. The van der Waals surface area contributed by atoms with Crippen LogP contribution in [0, 0.1) is 0 Å². The molecule has 0 aliphatic carbocycles. The number of phenols is 1. The van der Waals surface area contributed by atoms with Gasteiger partial charge in [-0.3, -0.25) is 14.1 Å². The number of halogens is 2. The molecule has 0 aliphatic rings. The standard InChI is InChI=1S/2C26H22ClN3O6S.Ca/c2*1-3-15-12-17(27)14-22(37(33,34)35)23(15)29-30-24-20-7-5-4-6-16(20)13-21(25(24)31)26(32)28-18-8-10-19(36-2)11-9-18;/h2*4-14,31H,3H2,1-2H3,(H,28,32)(H,33,34,35);/q;;+2/p-2. The Bertz CT molecular complexity index is 3530. The predicted molar refractivity (Wildman–Crippen MR) is 284 cm³/mol. The molecule has 2 amide bonds. The minimum Gasteiger partial charge on any atom is -0.870 e. The zero-order chi connectivity index (χ0) is 53.5. The third kappa shape index (κ3) is 13.6. The van der Waals surface area contributed by atoms with Gasteiger partial charge in [-0.25, -0.2) is 8.42 Å². The molecule has 18 nitrogen and oxygen atoms in total. The first-order valence-electron chi connectivity index (χ1n) is 22.0. The van der Waals surface area contributed by atoms with E-state index in [4.69, 9.17) is 32.7 Å². The smallest absolute Gasteiger partial charge is 0.870 e. The van der Waals surface area contributed by atoms with Gasteiger partial charge in [-0.05, 0) is 120 Å². The third-order valence-corrected chi connectivity index (χ3v) is 13.4. The first kappa shape index (κ1) is 57.6. The maximum atomic E-state index is 13.4. The maximum Gasteiger partial charge on any atom is 2.00 e. The largest absolute Gasteiger partial charge is 2.00 e. The van der Waals surface area contributed by atoms with Crippen molar-refractivity contribution in [1.82, 2.24) is 0 Å². The van der Waals surface area contributed by atoms with Crippen LogP contribution in [0.1, 0.15) is 45.7 Å². The SMILES string of the molecule is CCc1cc(Cl)cc(S(=O)(=O)O)c1N=Nc1c(O)c(C(=O)Nc2ccc(OC)cc2)cc2ccccc12.CCc1cc(Cl)cc(S(=O)(=O)[O-])c1N=Nc1c([O-])c(C(=O)Nc2ccc(OC)cc2)cc2ccccc12.[Ca+2]. The van der Waals surface area contributed by atoms with E-state index in [1.165, 1.54) is 38.5 Å². The Kier molecular flexibility index (Phi) is 19.0. The average Bonchev–Trinajstić information content (AvgIpc) is 3.37. The van der Waals surface area contributed by atoms with Crippen LogP contribution in [0.3, 0.4) is 0 Å². The Morgan fingerprint density at radius 1 is 0.587 bits per heavy atom. The van der Waals surface area contributed by atoms with E-state index in [1.807, 2.05) is 0 Å². The minimum atomic E-state index is -4.95. The molecule has 0 saturated heterocycles. The second kappa shape index (κ2) is 24.7. The number of anilines is 2. The number of rotatable bonds is 14. The Labute approximate surface area is 470 Å². The van der Waals surface area contributed by atoms with Crippen molar-refractivity contribution in [2.75, 3.05) is 24.9 Å². The Hall–Kier alpha value is -6.72. The monoisotopic (exact) mass is 1120 g/mol.